The summed E-state index contributed by atoms with van der Waals surface area (Å²) in [5, 5.41) is 0. The fraction of sp³-hybridized carbons (Fsp3) is 0. The number of rotatable bonds is 3. The molecule has 0 bridgehead atoms. The highest BCUT2D eigenvalue weighted by Crippen LogP contribution is 2.19. The molecule has 0 aliphatic carbocycles. The molecule has 0 amide bonds. The Morgan fingerprint density at radius 2 is 2.43 bits per heavy atom. The Balaban J connectivity index is 3.17. The minimum absolute atomic E-state index is 1.01. The second kappa shape index (κ2) is 3.87. The standard InChI is InChI=1S/C2H6NO3P/c1-2-5-7(4)6-3/h2,7H,1,3H2. The summed E-state index contributed by atoms with van der Waals surface area (Å²) in [7, 11) is -2.47. The molecule has 0 aliphatic rings. The van der Waals surface area contributed by atoms with Gasteiger partial charge in [0.2, 0.25) is 0 Å². The molecule has 0 aromatic rings. The van der Waals surface area contributed by atoms with Crippen molar-refractivity contribution in [3.8, 4) is 0 Å². The van der Waals surface area contributed by atoms with E-state index in [4.69, 9.17) is 0 Å². The van der Waals surface area contributed by atoms with Gasteiger partial charge >= 0.3 is 8.25 Å². The summed E-state index contributed by atoms with van der Waals surface area (Å²) >= 11 is 0. The largest absolute Gasteiger partial charge is 0.434 e. The maximum atomic E-state index is 9.96. The van der Waals surface area contributed by atoms with Gasteiger partial charge in [0, 0.05) is 0 Å². The molecule has 0 radical (unpaired) electrons. The normalized spacial score (nSPS) is 12.7. The summed E-state index contributed by atoms with van der Waals surface area (Å²) in [6.07, 6.45) is 1.01. The van der Waals surface area contributed by atoms with Crippen LogP contribution in [0.5, 0.6) is 0 Å². The number of hydrogen-bond acceptors (Lipinski definition) is 4. The first-order chi connectivity index (χ1) is 3.31. The van der Waals surface area contributed by atoms with Crippen LogP contribution in [0.1, 0.15) is 0 Å². The third-order valence-corrected chi connectivity index (χ3v) is 0.827. The minimum Gasteiger partial charge on any atom is -0.434 e. The SMILES string of the molecule is C=CO[PH](=O)ON. The zero-order valence-electron chi connectivity index (χ0n) is 3.59. The summed E-state index contributed by atoms with van der Waals surface area (Å²) in [6, 6.07) is 0. The van der Waals surface area contributed by atoms with Gasteiger partial charge in [0.05, 0.1) is 6.26 Å². The summed E-state index contributed by atoms with van der Waals surface area (Å²) in [5.41, 5.74) is 0. The summed E-state index contributed by atoms with van der Waals surface area (Å²) in [5.74, 6) is 4.42. The van der Waals surface area contributed by atoms with Crippen LogP contribution in [0.2, 0.25) is 0 Å². The molecule has 0 rings (SSSR count). The predicted molar refractivity (Wildman–Crippen MR) is 25.6 cm³/mol. The lowest BCUT2D eigenvalue weighted by Gasteiger charge is -1.92. The van der Waals surface area contributed by atoms with Crippen molar-refractivity contribution in [3.05, 3.63) is 12.8 Å². The first-order valence-electron chi connectivity index (χ1n) is 1.49. The number of nitrogens with two attached hydrogens (primary N) is 1. The van der Waals surface area contributed by atoms with E-state index in [0.717, 1.165) is 6.26 Å². The molecule has 5 heteroatoms. The van der Waals surface area contributed by atoms with Gasteiger partial charge in [-0.1, -0.05) is 6.58 Å². The first kappa shape index (κ1) is 6.69. The van der Waals surface area contributed by atoms with Crippen molar-refractivity contribution in [2.45, 2.75) is 0 Å². The zero-order valence-corrected chi connectivity index (χ0v) is 4.59. The van der Waals surface area contributed by atoms with Crippen LogP contribution in [0.3, 0.4) is 0 Å². The van der Waals surface area contributed by atoms with Crippen molar-refractivity contribution in [2.75, 3.05) is 0 Å². The van der Waals surface area contributed by atoms with Gasteiger partial charge in [-0.05, 0) is 0 Å². The van der Waals surface area contributed by atoms with E-state index >= 15 is 0 Å². The molecule has 0 heterocycles. The molecule has 0 aromatic heterocycles. The summed E-state index contributed by atoms with van der Waals surface area (Å²) in [6.45, 7) is 3.12. The van der Waals surface area contributed by atoms with Crippen LogP contribution in [0, 0.1) is 0 Å². The molecule has 0 fully saturated rings. The maximum Gasteiger partial charge on any atom is 0.383 e. The topological polar surface area (TPSA) is 61.5 Å². The van der Waals surface area contributed by atoms with Crippen molar-refractivity contribution in [3.63, 3.8) is 0 Å². The average Bonchev–Trinajstić information content (AvgIpc) is 1.68. The molecule has 4 nitrogen and oxygen atoms in total. The highest BCUT2D eigenvalue weighted by molar-refractivity contribution is 7.33. The van der Waals surface area contributed by atoms with Gasteiger partial charge in [-0.15, -0.1) is 0 Å². The lowest BCUT2D eigenvalue weighted by Crippen LogP contribution is -1.86. The Morgan fingerprint density at radius 1 is 1.86 bits per heavy atom. The van der Waals surface area contributed by atoms with Crippen molar-refractivity contribution in [1.29, 1.82) is 0 Å². The van der Waals surface area contributed by atoms with Crippen molar-refractivity contribution < 1.29 is 13.7 Å². The number of hydrogen-bond donors (Lipinski definition) is 1. The van der Waals surface area contributed by atoms with E-state index in [9.17, 15) is 4.57 Å². The van der Waals surface area contributed by atoms with E-state index in [1.54, 1.807) is 0 Å². The van der Waals surface area contributed by atoms with E-state index in [1.165, 1.54) is 0 Å². The molecule has 7 heavy (non-hydrogen) atoms. The Hall–Kier alpha value is -0.310. The van der Waals surface area contributed by atoms with Gasteiger partial charge in [-0.3, -0.25) is 0 Å². The third-order valence-electron chi connectivity index (χ3n) is 0.276. The van der Waals surface area contributed by atoms with Crippen LogP contribution in [0.25, 0.3) is 0 Å². The molecule has 2 N–H and O–H groups in total. The molecular formula is C2H6NO3P. The first-order valence-corrected chi connectivity index (χ1v) is 2.72. The Labute approximate surface area is 41.8 Å². The van der Waals surface area contributed by atoms with Crippen LogP contribution in [-0.2, 0) is 13.7 Å². The monoisotopic (exact) mass is 123 g/mol. The predicted octanol–water partition coefficient (Wildman–Crippen LogP) is 0.427. The highest BCUT2D eigenvalue weighted by atomic mass is 31.1. The van der Waals surface area contributed by atoms with E-state index in [-0.39, 0.29) is 0 Å². The average molecular weight is 123 g/mol. The summed E-state index contributed by atoms with van der Waals surface area (Å²) in [4.78, 5) is 0. The summed E-state index contributed by atoms with van der Waals surface area (Å²) < 4.78 is 17.9. The van der Waals surface area contributed by atoms with Gasteiger partial charge in [0.1, 0.15) is 0 Å². The molecule has 0 spiro atoms. The minimum atomic E-state index is -2.47. The maximum absolute atomic E-state index is 9.96. The van der Waals surface area contributed by atoms with E-state index in [0.29, 0.717) is 0 Å². The van der Waals surface area contributed by atoms with Crippen molar-refractivity contribution in [1.82, 2.24) is 0 Å². The lowest BCUT2D eigenvalue weighted by molar-refractivity contribution is 0.281. The molecule has 0 aromatic carbocycles. The molecule has 1 atom stereocenters. The van der Waals surface area contributed by atoms with Gasteiger partial charge in [0.25, 0.3) is 0 Å². The van der Waals surface area contributed by atoms with Crippen molar-refractivity contribution >= 4 is 8.25 Å². The van der Waals surface area contributed by atoms with Crippen molar-refractivity contribution in [2.24, 2.45) is 5.90 Å². The van der Waals surface area contributed by atoms with Gasteiger partial charge in [-0.2, -0.15) is 0 Å². The second-order valence-corrected chi connectivity index (χ2v) is 1.62. The quantitative estimate of drug-likeness (QED) is 0.335. The highest BCUT2D eigenvalue weighted by Gasteiger charge is 1.86. The van der Waals surface area contributed by atoms with Gasteiger partial charge < -0.3 is 4.52 Å². The van der Waals surface area contributed by atoms with Crippen LogP contribution < -0.4 is 5.90 Å². The van der Waals surface area contributed by atoms with E-state index in [1.807, 2.05) is 0 Å². The molecular weight excluding hydrogens is 117 g/mol. The molecule has 0 saturated carbocycles. The third kappa shape index (κ3) is 3.52. The Morgan fingerprint density at radius 3 is 2.57 bits per heavy atom. The van der Waals surface area contributed by atoms with E-state index in [2.05, 4.69) is 21.6 Å². The molecule has 0 saturated heterocycles. The fourth-order valence-corrected chi connectivity index (χ4v) is 0.287. The molecule has 1 unspecified atom stereocenters. The second-order valence-electron chi connectivity index (χ2n) is 0.652. The zero-order chi connectivity index (χ0) is 5.70. The Bertz CT molecular complexity index is 83.0. The molecule has 42 valence electrons. The lowest BCUT2D eigenvalue weighted by atomic mass is 11.2. The van der Waals surface area contributed by atoms with Crippen LogP contribution in [0.15, 0.2) is 12.8 Å². The molecule has 0 aliphatic heterocycles. The van der Waals surface area contributed by atoms with E-state index < -0.39 is 8.25 Å². The smallest absolute Gasteiger partial charge is 0.383 e. The van der Waals surface area contributed by atoms with Crippen LogP contribution in [0.4, 0.5) is 0 Å². The van der Waals surface area contributed by atoms with Gasteiger partial charge in [-0.25, -0.2) is 15.1 Å². The van der Waals surface area contributed by atoms with Crippen LogP contribution >= 0.6 is 8.25 Å². The Kier molecular flexibility index (Phi) is 3.69. The van der Waals surface area contributed by atoms with Gasteiger partial charge in [0.15, 0.2) is 0 Å². The van der Waals surface area contributed by atoms with Crippen LogP contribution in [-0.4, -0.2) is 0 Å². The fourth-order valence-electron chi connectivity index (χ4n) is 0.0958.